The normalized spacial score (nSPS) is 35.8. The maximum Gasteiger partial charge on any atom is 0.312 e. The second-order valence-electron chi connectivity index (χ2n) is 8.80. The van der Waals surface area contributed by atoms with E-state index >= 15 is 0 Å². The molecule has 5 rings (SSSR count). The van der Waals surface area contributed by atoms with Crippen molar-refractivity contribution in [2.75, 3.05) is 5.32 Å². The van der Waals surface area contributed by atoms with Crippen molar-refractivity contribution < 1.29 is 14.3 Å². The summed E-state index contributed by atoms with van der Waals surface area (Å²) in [5.74, 6) is 0.520. The molecule has 1 amide bonds. The Morgan fingerprint density at radius 1 is 1.15 bits per heavy atom. The number of nitrogens with one attached hydrogen (secondary N) is 1. The van der Waals surface area contributed by atoms with Crippen LogP contribution in [0.15, 0.2) is 24.3 Å². The van der Waals surface area contributed by atoms with E-state index < -0.39 is 11.5 Å². The van der Waals surface area contributed by atoms with Crippen LogP contribution in [0.2, 0.25) is 0 Å². The van der Waals surface area contributed by atoms with Gasteiger partial charge in [0.2, 0.25) is 0 Å². The highest BCUT2D eigenvalue weighted by Gasteiger charge is 2.61. The molecule has 4 saturated carbocycles. The number of halogens is 1. The summed E-state index contributed by atoms with van der Waals surface area (Å²) in [6.07, 6.45) is 4.83. The minimum Gasteiger partial charge on any atom is -0.452 e. The fourth-order valence-electron chi connectivity index (χ4n) is 5.61. The molecule has 4 aliphatic rings. The fourth-order valence-corrected chi connectivity index (χ4v) is 6.30. The molecule has 140 valence electrons. The standard InChI is InChI=1S/C21H26ClNO3/c1-13-3-5-17(6-4-13)23-18(24)14(2)26-19(25)20-8-15-7-16(9-20)11-21(22,10-15)12-20/h3-6,14-16H,7-12H2,1-2H3,(H,23,24)/t14-,15-,16-,20?,21?/m1/s1. The summed E-state index contributed by atoms with van der Waals surface area (Å²) in [6.45, 7) is 3.63. The summed E-state index contributed by atoms with van der Waals surface area (Å²) in [4.78, 5) is 25.2. The van der Waals surface area contributed by atoms with Gasteiger partial charge in [-0.1, -0.05) is 17.7 Å². The van der Waals surface area contributed by atoms with E-state index in [-0.39, 0.29) is 16.8 Å². The van der Waals surface area contributed by atoms with Crippen molar-refractivity contribution in [2.45, 2.75) is 63.4 Å². The zero-order valence-corrected chi connectivity index (χ0v) is 16.1. The third kappa shape index (κ3) is 3.24. The van der Waals surface area contributed by atoms with Crippen LogP contribution in [0.25, 0.3) is 0 Å². The topological polar surface area (TPSA) is 55.4 Å². The lowest BCUT2D eigenvalue weighted by atomic mass is 9.49. The highest BCUT2D eigenvalue weighted by atomic mass is 35.5. The van der Waals surface area contributed by atoms with Crippen LogP contribution in [0.3, 0.4) is 0 Å². The summed E-state index contributed by atoms with van der Waals surface area (Å²) in [7, 11) is 0. The first-order chi connectivity index (χ1) is 12.3. The largest absolute Gasteiger partial charge is 0.452 e. The van der Waals surface area contributed by atoms with Gasteiger partial charge in [-0.15, -0.1) is 11.6 Å². The molecule has 1 aromatic carbocycles. The zero-order valence-electron chi connectivity index (χ0n) is 15.4. The zero-order chi connectivity index (χ0) is 18.5. The molecule has 4 aliphatic carbocycles. The average Bonchev–Trinajstić information content (AvgIpc) is 2.54. The van der Waals surface area contributed by atoms with Crippen LogP contribution in [-0.4, -0.2) is 22.9 Å². The number of hydrogen-bond acceptors (Lipinski definition) is 3. The molecule has 3 atom stereocenters. The van der Waals surface area contributed by atoms with Gasteiger partial charge in [-0.2, -0.15) is 0 Å². The van der Waals surface area contributed by atoms with E-state index in [0.29, 0.717) is 23.9 Å². The van der Waals surface area contributed by atoms with Gasteiger partial charge in [-0.25, -0.2) is 0 Å². The number of benzene rings is 1. The summed E-state index contributed by atoms with van der Waals surface area (Å²) in [6, 6.07) is 7.56. The Labute approximate surface area is 159 Å². The average molecular weight is 376 g/mol. The van der Waals surface area contributed by atoms with E-state index in [1.54, 1.807) is 6.92 Å². The highest BCUT2D eigenvalue weighted by Crippen LogP contribution is 2.64. The Kier molecular flexibility index (Phi) is 4.30. The molecule has 0 radical (unpaired) electrons. The van der Waals surface area contributed by atoms with Crippen LogP contribution in [0.1, 0.15) is 51.0 Å². The van der Waals surface area contributed by atoms with E-state index in [9.17, 15) is 9.59 Å². The molecule has 0 spiro atoms. The van der Waals surface area contributed by atoms with Crippen LogP contribution < -0.4 is 5.32 Å². The fraction of sp³-hybridized carbons (Fsp3) is 0.619. The maximum atomic E-state index is 13.0. The minimum absolute atomic E-state index is 0.233. The van der Waals surface area contributed by atoms with E-state index in [2.05, 4.69) is 5.32 Å². The van der Waals surface area contributed by atoms with Crippen molar-refractivity contribution in [1.82, 2.24) is 0 Å². The van der Waals surface area contributed by atoms with Gasteiger partial charge in [-0.05, 0) is 76.3 Å². The van der Waals surface area contributed by atoms with Gasteiger partial charge in [0, 0.05) is 10.6 Å². The van der Waals surface area contributed by atoms with Crippen LogP contribution in [0.4, 0.5) is 5.69 Å². The molecule has 0 aromatic heterocycles. The van der Waals surface area contributed by atoms with Crippen LogP contribution in [-0.2, 0) is 14.3 Å². The minimum atomic E-state index is -0.817. The predicted molar refractivity (Wildman–Crippen MR) is 101 cm³/mol. The van der Waals surface area contributed by atoms with Gasteiger partial charge >= 0.3 is 5.97 Å². The number of esters is 1. The molecule has 1 N–H and O–H groups in total. The van der Waals surface area contributed by atoms with Gasteiger partial charge < -0.3 is 10.1 Å². The van der Waals surface area contributed by atoms with E-state index in [4.69, 9.17) is 16.3 Å². The molecule has 0 saturated heterocycles. The highest BCUT2D eigenvalue weighted by molar-refractivity contribution is 6.24. The van der Waals surface area contributed by atoms with Crippen molar-refractivity contribution in [3.05, 3.63) is 29.8 Å². The lowest BCUT2D eigenvalue weighted by Crippen LogP contribution is -2.57. The van der Waals surface area contributed by atoms with Crippen molar-refractivity contribution in [1.29, 1.82) is 0 Å². The summed E-state index contributed by atoms with van der Waals surface area (Å²) in [5, 5.41) is 2.81. The third-order valence-electron chi connectivity index (χ3n) is 6.39. The summed E-state index contributed by atoms with van der Waals surface area (Å²) in [5.41, 5.74) is 1.35. The Hall–Kier alpha value is -1.55. The molecule has 4 nitrogen and oxygen atoms in total. The van der Waals surface area contributed by atoms with Crippen molar-refractivity contribution in [3.8, 4) is 0 Å². The Morgan fingerprint density at radius 2 is 1.77 bits per heavy atom. The number of rotatable bonds is 4. The van der Waals surface area contributed by atoms with Crippen molar-refractivity contribution in [3.63, 3.8) is 0 Å². The first-order valence-corrected chi connectivity index (χ1v) is 9.92. The predicted octanol–water partition coefficient (Wildman–Crippen LogP) is 4.44. The maximum absolute atomic E-state index is 13.0. The number of carbonyl (C=O) groups excluding carboxylic acids is 2. The molecule has 0 aliphatic heterocycles. The Balaban J connectivity index is 1.41. The van der Waals surface area contributed by atoms with Gasteiger partial charge in [0.25, 0.3) is 5.91 Å². The number of alkyl halides is 1. The molecule has 1 aromatic rings. The molecule has 0 unspecified atom stereocenters. The van der Waals surface area contributed by atoms with Crippen LogP contribution >= 0.6 is 11.6 Å². The lowest BCUT2D eigenvalue weighted by Gasteiger charge is -2.58. The number of aryl methyl sites for hydroxylation is 1. The number of hydrogen-bond donors (Lipinski definition) is 1. The van der Waals surface area contributed by atoms with Crippen molar-refractivity contribution >= 4 is 29.2 Å². The SMILES string of the molecule is Cc1ccc(NC(=O)[C@@H](C)OC(=O)C23C[C@H]4C[C@@H](CC(Cl)(C4)C2)C3)cc1. The van der Waals surface area contributed by atoms with Crippen LogP contribution in [0, 0.1) is 24.2 Å². The quantitative estimate of drug-likeness (QED) is 0.625. The second kappa shape index (κ2) is 6.26. The molecule has 5 heteroatoms. The molecule has 4 fully saturated rings. The summed E-state index contributed by atoms with van der Waals surface area (Å²) < 4.78 is 5.63. The van der Waals surface area contributed by atoms with Gasteiger partial charge in [0.1, 0.15) is 0 Å². The van der Waals surface area contributed by atoms with Gasteiger partial charge in [0.05, 0.1) is 5.41 Å². The second-order valence-corrected chi connectivity index (χ2v) is 9.60. The number of carbonyl (C=O) groups is 2. The van der Waals surface area contributed by atoms with E-state index in [0.717, 1.165) is 31.2 Å². The monoisotopic (exact) mass is 375 g/mol. The van der Waals surface area contributed by atoms with Crippen LogP contribution in [0.5, 0.6) is 0 Å². The Morgan fingerprint density at radius 3 is 2.35 bits per heavy atom. The smallest absolute Gasteiger partial charge is 0.312 e. The van der Waals surface area contributed by atoms with Crippen molar-refractivity contribution in [2.24, 2.45) is 17.3 Å². The molecule has 4 bridgehead atoms. The van der Waals surface area contributed by atoms with E-state index in [1.807, 2.05) is 31.2 Å². The molecule has 0 heterocycles. The summed E-state index contributed by atoms with van der Waals surface area (Å²) >= 11 is 6.80. The molecular weight excluding hydrogens is 350 g/mol. The number of amides is 1. The molecular formula is C21H26ClNO3. The first-order valence-electron chi connectivity index (χ1n) is 9.55. The van der Waals surface area contributed by atoms with Gasteiger partial charge in [-0.3, -0.25) is 9.59 Å². The third-order valence-corrected chi connectivity index (χ3v) is 6.84. The number of anilines is 1. The molecule has 26 heavy (non-hydrogen) atoms. The Bertz CT molecular complexity index is 715. The first kappa shape index (κ1) is 17.8. The number of ether oxygens (including phenoxy) is 1. The lowest BCUT2D eigenvalue weighted by molar-refractivity contribution is -0.176. The van der Waals surface area contributed by atoms with Gasteiger partial charge in [0.15, 0.2) is 6.10 Å². The van der Waals surface area contributed by atoms with E-state index in [1.165, 1.54) is 6.42 Å².